The summed E-state index contributed by atoms with van der Waals surface area (Å²) >= 11 is 0. The number of H-pyrrole nitrogens is 1. The Bertz CT molecular complexity index is 266. The van der Waals surface area contributed by atoms with Crippen molar-refractivity contribution in [1.82, 2.24) is 15.5 Å². The fourth-order valence-electron chi connectivity index (χ4n) is 1.54. The van der Waals surface area contributed by atoms with Crippen LogP contribution in [0, 0.1) is 6.92 Å². The molecule has 1 fully saturated rings. The number of aryl methyl sites for hydroxylation is 1. The zero-order chi connectivity index (χ0) is 9.10. The van der Waals surface area contributed by atoms with E-state index < -0.39 is 0 Å². The molecule has 0 amide bonds. The molecule has 0 saturated carbocycles. The smallest absolute Gasteiger partial charge is 0.233 e. The van der Waals surface area contributed by atoms with Gasteiger partial charge in [0.1, 0.15) is 6.10 Å². The Balaban J connectivity index is 1.89. The highest BCUT2D eigenvalue weighted by Crippen LogP contribution is 2.13. The normalized spacial score (nSPS) is 23.0. The maximum Gasteiger partial charge on any atom is 0.233 e. The number of hydrogen-bond acceptors (Lipinski definition) is 3. The molecule has 4 nitrogen and oxygen atoms in total. The van der Waals surface area contributed by atoms with E-state index in [-0.39, 0.29) is 6.10 Å². The van der Waals surface area contributed by atoms with Gasteiger partial charge in [0.2, 0.25) is 5.88 Å². The zero-order valence-electron chi connectivity index (χ0n) is 7.84. The molecule has 2 heterocycles. The fourth-order valence-corrected chi connectivity index (χ4v) is 1.54. The lowest BCUT2D eigenvalue weighted by molar-refractivity contribution is 0.160. The van der Waals surface area contributed by atoms with Crippen molar-refractivity contribution >= 4 is 0 Å². The minimum absolute atomic E-state index is 0.288. The first-order valence-corrected chi connectivity index (χ1v) is 4.74. The first-order valence-electron chi connectivity index (χ1n) is 4.74. The highest BCUT2D eigenvalue weighted by atomic mass is 16.5. The summed E-state index contributed by atoms with van der Waals surface area (Å²) in [6.45, 7) is 4.02. The Morgan fingerprint density at radius 2 is 2.54 bits per heavy atom. The van der Waals surface area contributed by atoms with Gasteiger partial charge in [0.05, 0.1) is 0 Å². The highest BCUT2D eigenvalue weighted by Gasteiger charge is 2.15. The van der Waals surface area contributed by atoms with Crippen molar-refractivity contribution in [1.29, 1.82) is 0 Å². The molecule has 4 heteroatoms. The van der Waals surface area contributed by atoms with Crippen LogP contribution in [0.15, 0.2) is 6.07 Å². The molecule has 0 aromatic carbocycles. The summed E-state index contributed by atoms with van der Waals surface area (Å²) < 4.78 is 5.67. The van der Waals surface area contributed by atoms with E-state index in [4.69, 9.17) is 4.74 Å². The third-order valence-electron chi connectivity index (χ3n) is 2.22. The van der Waals surface area contributed by atoms with Gasteiger partial charge in [-0.25, -0.2) is 0 Å². The molecule has 2 rings (SSSR count). The van der Waals surface area contributed by atoms with Crippen LogP contribution >= 0.6 is 0 Å². The van der Waals surface area contributed by atoms with Crippen molar-refractivity contribution in [3.05, 3.63) is 11.8 Å². The molecule has 0 bridgehead atoms. The van der Waals surface area contributed by atoms with Gasteiger partial charge in [0.15, 0.2) is 0 Å². The Hall–Kier alpha value is -1.03. The number of ether oxygens (including phenoxy) is 1. The van der Waals surface area contributed by atoms with Crippen LogP contribution in [0.5, 0.6) is 5.88 Å². The van der Waals surface area contributed by atoms with Crippen molar-refractivity contribution in [3.8, 4) is 5.88 Å². The molecule has 1 aromatic heterocycles. The topological polar surface area (TPSA) is 49.9 Å². The second kappa shape index (κ2) is 3.79. The largest absolute Gasteiger partial charge is 0.472 e. The minimum atomic E-state index is 0.288. The van der Waals surface area contributed by atoms with Gasteiger partial charge < -0.3 is 10.1 Å². The monoisotopic (exact) mass is 181 g/mol. The summed E-state index contributed by atoms with van der Waals surface area (Å²) in [5.41, 5.74) is 1.04. The third kappa shape index (κ3) is 2.21. The quantitative estimate of drug-likeness (QED) is 0.711. The molecule has 72 valence electrons. The third-order valence-corrected chi connectivity index (χ3v) is 2.22. The molecule has 2 N–H and O–H groups in total. The second-order valence-electron chi connectivity index (χ2n) is 3.48. The van der Waals surface area contributed by atoms with Crippen LogP contribution in [-0.2, 0) is 0 Å². The van der Waals surface area contributed by atoms with Gasteiger partial charge >= 0.3 is 0 Å². The first kappa shape index (κ1) is 8.56. The molecular formula is C9H15N3O. The van der Waals surface area contributed by atoms with Crippen LogP contribution in [0.1, 0.15) is 18.5 Å². The summed E-state index contributed by atoms with van der Waals surface area (Å²) in [6, 6.07) is 1.93. The fraction of sp³-hybridized carbons (Fsp3) is 0.667. The number of nitrogens with one attached hydrogen (secondary N) is 2. The molecule has 1 unspecified atom stereocenters. The van der Waals surface area contributed by atoms with Gasteiger partial charge in [0.25, 0.3) is 0 Å². The molecule has 1 aromatic rings. The number of hydrogen-bond donors (Lipinski definition) is 2. The Morgan fingerprint density at radius 1 is 1.62 bits per heavy atom. The van der Waals surface area contributed by atoms with Crippen LogP contribution in [0.2, 0.25) is 0 Å². The number of rotatable bonds is 2. The zero-order valence-corrected chi connectivity index (χ0v) is 7.84. The van der Waals surface area contributed by atoms with Crippen LogP contribution in [0.3, 0.4) is 0 Å². The van der Waals surface area contributed by atoms with E-state index in [9.17, 15) is 0 Å². The van der Waals surface area contributed by atoms with Crippen molar-refractivity contribution in [3.63, 3.8) is 0 Å². The Labute approximate surface area is 77.7 Å². The van der Waals surface area contributed by atoms with Crippen molar-refractivity contribution < 1.29 is 4.74 Å². The van der Waals surface area contributed by atoms with E-state index in [0.29, 0.717) is 5.88 Å². The lowest BCUT2D eigenvalue weighted by Crippen LogP contribution is -2.37. The Kier molecular flexibility index (Phi) is 2.49. The molecule has 0 aliphatic carbocycles. The minimum Gasteiger partial charge on any atom is -0.472 e. The highest BCUT2D eigenvalue weighted by molar-refractivity contribution is 5.12. The van der Waals surface area contributed by atoms with Crippen molar-refractivity contribution in [2.24, 2.45) is 0 Å². The van der Waals surface area contributed by atoms with Crippen molar-refractivity contribution in [2.45, 2.75) is 25.9 Å². The van der Waals surface area contributed by atoms with Crippen LogP contribution in [-0.4, -0.2) is 29.4 Å². The average molecular weight is 181 g/mol. The maximum atomic E-state index is 5.67. The summed E-state index contributed by atoms with van der Waals surface area (Å²) in [4.78, 5) is 0. The van der Waals surface area contributed by atoms with Crippen molar-refractivity contribution in [2.75, 3.05) is 13.1 Å². The molecule has 13 heavy (non-hydrogen) atoms. The molecule has 1 atom stereocenters. The number of aromatic amines is 1. The standard InChI is InChI=1S/C9H15N3O/c1-7-5-9(12-11-7)13-8-3-2-4-10-6-8/h5,8,10H,2-4,6H2,1H3,(H,11,12). The second-order valence-corrected chi connectivity index (χ2v) is 3.48. The predicted molar refractivity (Wildman–Crippen MR) is 49.8 cm³/mol. The van der Waals surface area contributed by atoms with Crippen LogP contribution in [0.25, 0.3) is 0 Å². The van der Waals surface area contributed by atoms with Gasteiger partial charge in [-0.15, -0.1) is 5.10 Å². The lowest BCUT2D eigenvalue weighted by atomic mass is 10.1. The molecule has 0 radical (unpaired) electrons. The summed E-state index contributed by atoms with van der Waals surface area (Å²) in [6.07, 6.45) is 2.60. The van der Waals surface area contributed by atoms with Gasteiger partial charge in [-0.05, 0) is 26.3 Å². The molecule has 1 aliphatic heterocycles. The van der Waals surface area contributed by atoms with Crippen LogP contribution < -0.4 is 10.1 Å². The van der Waals surface area contributed by atoms with Gasteiger partial charge in [-0.2, -0.15) is 0 Å². The Morgan fingerprint density at radius 3 is 3.15 bits per heavy atom. The summed E-state index contributed by atoms with van der Waals surface area (Å²) in [5.74, 6) is 0.714. The molecule has 1 aliphatic rings. The van der Waals surface area contributed by atoms with E-state index >= 15 is 0 Å². The SMILES string of the molecule is Cc1cc(OC2CCCNC2)n[nH]1. The van der Waals surface area contributed by atoms with Gasteiger partial charge in [-0.1, -0.05) is 0 Å². The maximum absolute atomic E-state index is 5.67. The molecule has 1 saturated heterocycles. The summed E-state index contributed by atoms with van der Waals surface area (Å²) in [5, 5.41) is 10.2. The van der Waals surface area contributed by atoms with E-state index in [1.165, 1.54) is 6.42 Å². The van der Waals surface area contributed by atoms with Crippen LogP contribution in [0.4, 0.5) is 0 Å². The molecular weight excluding hydrogens is 166 g/mol. The first-order chi connectivity index (χ1) is 6.34. The lowest BCUT2D eigenvalue weighted by Gasteiger charge is -2.22. The molecule has 0 spiro atoms. The number of aromatic nitrogens is 2. The van der Waals surface area contributed by atoms with E-state index in [0.717, 1.165) is 25.2 Å². The van der Waals surface area contributed by atoms with Gasteiger partial charge in [-0.3, -0.25) is 5.10 Å². The summed E-state index contributed by atoms with van der Waals surface area (Å²) in [7, 11) is 0. The van der Waals surface area contributed by atoms with E-state index in [1.807, 2.05) is 13.0 Å². The number of piperidine rings is 1. The number of nitrogens with zero attached hydrogens (tertiary/aromatic N) is 1. The van der Waals surface area contributed by atoms with E-state index in [1.54, 1.807) is 0 Å². The van der Waals surface area contributed by atoms with E-state index in [2.05, 4.69) is 15.5 Å². The van der Waals surface area contributed by atoms with Gasteiger partial charge in [0, 0.05) is 18.3 Å². The average Bonchev–Trinajstić information content (AvgIpc) is 2.53. The predicted octanol–water partition coefficient (Wildman–Crippen LogP) is 0.849.